The molecule has 1 aliphatic heterocycles. The van der Waals surface area contributed by atoms with Crippen molar-refractivity contribution in [3.8, 4) is 0 Å². The summed E-state index contributed by atoms with van der Waals surface area (Å²) in [6, 6.07) is 0. The summed E-state index contributed by atoms with van der Waals surface area (Å²) in [5.41, 5.74) is 0.955. The van der Waals surface area contributed by atoms with Gasteiger partial charge in [0.1, 0.15) is 0 Å². The van der Waals surface area contributed by atoms with Crippen LogP contribution in [0.4, 0.5) is 0 Å². The fraction of sp³-hybridized carbons (Fsp3) is 0.556. The zero-order valence-corrected chi connectivity index (χ0v) is 7.88. The summed E-state index contributed by atoms with van der Waals surface area (Å²) in [7, 11) is 1.83. The molecule has 1 saturated heterocycles. The van der Waals surface area contributed by atoms with Crippen LogP contribution >= 0.6 is 0 Å². The first-order valence-corrected chi connectivity index (χ1v) is 4.53. The largest absolute Gasteiger partial charge is 0.479 e. The van der Waals surface area contributed by atoms with Gasteiger partial charge >= 0.3 is 5.97 Å². The van der Waals surface area contributed by atoms with Crippen molar-refractivity contribution in [3.05, 3.63) is 18.0 Å². The van der Waals surface area contributed by atoms with Crippen LogP contribution in [0.5, 0.6) is 0 Å². The van der Waals surface area contributed by atoms with Gasteiger partial charge in [-0.2, -0.15) is 5.10 Å². The van der Waals surface area contributed by atoms with Crippen LogP contribution in [-0.2, 0) is 16.6 Å². The number of hydrogen-bond acceptors (Lipinski definition) is 3. The van der Waals surface area contributed by atoms with Crippen molar-refractivity contribution < 1.29 is 14.6 Å². The molecule has 0 bridgehead atoms. The van der Waals surface area contributed by atoms with Gasteiger partial charge in [0.25, 0.3) is 0 Å². The Morgan fingerprint density at radius 3 is 3.00 bits per heavy atom. The van der Waals surface area contributed by atoms with E-state index in [0.29, 0.717) is 6.42 Å². The molecule has 14 heavy (non-hydrogen) atoms. The highest BCUT2D eigenvalue weighted by Gasteiger charge is 2.31. The average molecular weight is 196 g/mol. The minimum absolute atomic E-state index is 0.107. The highest BCUT2D eigenvalue weighted by molar-refractivity contribution is 5.72. The van der Waals surface area contributed by atoms with E-state index in [1.165, 1.54) is 0 Å². The van der Waals surface area contributed by atoms with Gasteiger partial charge in [-0.15, -0.1) is 0 Å². The van der Waals surface area contributed by atoms with Crippen molar-refractivity contribution >= 4 is 5.97 Å². The van der Waals surface area contributed by atoms with Crippen molar-refractivity contribution in [1.82, 2.24) is 9.78 Å². The lowest BCUT2D eigenvalue weighted by Gasteiger charge is -2.08. The summed E-state index contributed by atoms with van der Waals surface area (Å²) in [5, 5.41) is 12.8. The molecular weight excluding hydrogens is 184 g/mol. The fourth-order valence-electron chi connectivity index (χ4n) is 1.67. The Kier molecular flexibility index (Phi) is 2.25. The second kappa shape index (κ2) is 3.42. The zero-order chi connectivity index (χ0) is 10.1. The number of ether oxygens (including phenoxy) is 1. The molecule has 0 spiro atoms. The van der Waals surface area contributed by atoms with E-state index < -0.39 is 12.1 Å². The first-order chi connectivity index (χ1) is 6.66. The van der Waals surface area contributed by atoms with Gasteiger partial charge in [0.05, 0.1) is 12.3 Å². The van der Waals surface area contributed by atoms with Crippen LogP contribution in [0.3, 0.4) is 0 Å². The van der Waals surface area contributed by atoms with Crippen molar-refractivity contribution in [2.24, 2.45) is 7.05 Å². The molecule has 0 aromatic carbocycles. The monoisotopic (exact) mass is 196 g/mol. The number of aryl methyl sites for hydroxylation is 1. The van der Waals surface area contributed by atoms with Gasteiger partial charge in [-0.1, -0.05) is 0 Å². The number of carboxylic acids is 1. The average Bonchev–Trinajstić information content (AvgIpc) is 2.70. The molecular formula is C9H12N2O3. The van der Waals surface area contributed by atoms with E-state index in [-0.39, 0.29) is 6.10 Å². The molecule has 76 valence electrons. The highest BCUT2D eigenvalue weighted by atomic mass is 16.5. The molecule has 0 aliphatic carbocycles. The third-order valence-electron chi connectivity index (χ3n) is 2.39. The number of carboxylic acid groups (broad SMARTS) is 1. The van der Waals surface area contributed by atoms with E-state index in [1.54, 1.807) is 10.9 Å². The van der Waals surface area contributed by atoms with Crippen LogP contribution in [0, 0.1) is 0 Å². The van der Waals surface area contributed by atoms with Crippen molar-refractivity contribution in [3.63, 3.8) is 0 Å². The van der Waals surface area contributed by atoms with Gasteiger partial charge in [-0.25, -0.2) is 4.79 Å². The number of rotatable bonds is 2. The van der Waals surface area contributed by atoms with E-state index in [4.69, 9.17) is 9.84 Å². The van der Waals surface area contributed by atoms with Crippen molar-refractivity contribution in [2.75, 3.05) is 0 Å². The molecule has 2 heterocycles. The molecule has 0 saturated carbocycles. The number of carbonyl (C=O) groups is 1. The highest BCUT2D eigenvalue weighted by Crippen LogP contribution is 2.32. The van der Waals surface area contributed by atoms with Crippen LogP contribution in [0.15, 0.2) is 12.4 Å². The maximum atomic E-state index is 10.6. The Morgan fingerprint density at radius 1 is 1.71 bits per heavy atom. The fourth-order valence-corrected chi connectivity index (χ4v) is 1.67. The summed E-state index contributed by atoms with van der Waals surface area (Å²) in [4.78, 5) is 10.6. The van der Waals surface area contributed by atoms with Crippen molar-refractivity contribution in [1.29, 1.82) is 0 Å². The standard InChI is InChI=1S/C9H12N2O3/c1-11-5-6(4-10-11)7-2-3-8(14-7)9(12)13/h4-5,7-8H,2-3H2,1H3,(H,12,13). The summed E-state index contributed by atoms with van der Waals surface area (Å²) in [6.07, 6.45) is 4.14. The summed E-state index contributed by atoms with van der Waals surface area (Å²) >= 11 is 0. The van der Waals surface area contributed by atoms with Gasteiger partial charge in [0, 0.05) is 18.8 Å². The zero-order valence-electron chi connectivity index (χ0n) is 7.88. The maximum absolute atomic E-state index is 10.6. The molecule has 2 rings (SSSR count). The number of nitrogens with zero attached hydrogens (tertiary/aromatic N) is 2. The number of aliphatic carboxylic acids is 1. The maximum Gasteiger partial charge on any atom is 0.332 e. The molecule has 1 aliphatic rings. The lowest BCUT2D eigenvalue weighted by molar-refractivity contribution is -0.149. The van der Waals surface area contributed by atoms with Gasteiger partial charge in [-0.3, -0.25) is 4.68 Å². The molecule has 1 N–H and O–H groups in total. The van der Waals surface area contributed by atoms with Crippen LogP contribution in [-0.4, -0.2) is 27.0 Å². The third-order valence-corrected chi connectivity index (χ3v) is 2.39. The molecule has 0 amide bonds. The Labute approximate surface area is 81.3 Å². The minimum Gasteiger partial charge on any atom is -0.479 e. The first kappa shape index (κ1) is 9.21. The lowest BCUT2D eigenvalue weighted by atomic mass is 10.1. The minimum atomic E-state index is -0.878. The first-order valence-electron chi connectivity index (χ1n) is 4.53. The predicted octanol–water partition coefficient (Wildman–Crippen LogP) is 0.725. The normalized spacial score (nSPS) is 26.6. The van der Waals surface area contributed by atoms with Crippen LogP contribution in [0.1, 0.15) is 24.5 Å². The molecule has 1 aromatic heterocycles. The predicted molar refractivity (Wildman–Crippen MR) is 47.7 cm³/mol. The van der Waals surface area contributed by atoms with Crippen LogP contribution in [0.25, 0.3) is 0 Å². The Bertz CT molecular complexity index is 348. The van der Waals surface area contributed by atoms with E-state index >= 15 is 0 Å². The smallest absolute Gasteiger partial charge is 0.332 e. The van der Waals surface area contributed by atoms with E-state index in [1.807, 2.05) is 13.2 Å². The van der Waals surface area contributed by atoms with Gasteiger partial charge in [-0.05, 0) is 12.8 Å². The van der Waals surface area contributed by atoms with E-state index in [9.17, 15) is 4.79 Å². The quantitative estimate of drug-likeness (QED) is 0.757. The molecule has 0 radical (unpaired) electrons. The van der Waals surface area contributed by atoms with Crippen molar-refractivity contribution in [2.45, 2.75) is 25.0 Å². The molecule has 5 heteroatoms. The van der Waals surface area contributed by atoms with Gasteiger partial charge < -0.3 is 9.84 Å². The second-order valence-electron chi connectivity index (χ2n) is 3.48. The van der Waals surface area contributed by atoms with Gasteiger partial charge in [0.15, 0.2) is 6.10 Å². The molecule has 5 nitrogen and oxygen atoms in total. The molecule has 2 unspecified atom stereocenters. The topological polar surface area (TPSA) is 64.4 Å². The SMILES string of the molecule is Cn1cc(C2CCC(C(=O)O)O2)cn1. The van der Waals surface area contributed by atoms with Crippen LogP contribution < -0.4 is 0 Å². The lowest BCUT2D eigenvalue weighted by Crippen LogP contribution is -2.18. The summed E-state index contributed by atoms with van der Waals surface area (Å²) < 4.78 is 7.06. The Hall–Kier alpha value is -1.36. The van der Waals surface area contributed by atoms with E-state index in [0.717, 1.165) is 12.0 Å². The molecule has 1 aromatic rings. The van der Waals surface area contributed by atoms with E-state index in [2.05, 4.69) is 5.10 Å². The Balaban J connectivity index is 2.05. The third kappa shape index (κ3) is 1.63. The summed E-state index contributed by atoms with van der Waals surface area (Å²) in [5.74, 6) is -0.878. The number of hydrogen-bond donors (Lipinski definition) is 1. The molecule has 1 fully saturated rings. The second-order valence-corrected chi connectivity index (χ2v) is 3.48. The van der Waals surface area contributed by atoms with Crippen LogP contribution in [0.2, 0.25) is 0 Å². The number of aromatic nitrogens is 2. The molecule has 2 atom stereocenters. The summed E-state index contributed by atoms with van der Waals surface area (Å²) in [6.45, 7) is 0. The van der Waals surface area contributed by atoms with Gasteiger partial charge in [0.2, 0.25) is 0 Å². The Morgan fingerprint density at radius 2 is 2.50 bits per heavy atom.